The van der Waals surface area contributed by atoms with Crippen LogP contribution >= 0.6 is 11.3 Å². The van der Waals surface area contributed by atoms with Gasteiger partial charge in [0.25, 0.3) is 5.56 Å². The molecule has 1 amide bonds. The molecule has 5 rings (SSSR count). The highest BCUT2D eigenvalue weighted by molar-refractivity contribution is 7.10. The van der Waals surface area contributed by atoms with Gasteiger partial charge in [-0.3, -0.25) is 14.2 Å². The fraction of sp³-hybridized carbons (Fsp3) is 0.160. The van der Waals surface area contributed by atoms with Gasteiger partial charge in [0, 0.05) is 10.3 Å². The maximum Gasteiger partial charge on any atom is 0.297 e. The Bertz CT molecular complexity index is 1450. The monoisotopic (exact) mass is 443 g/mol. The van der Waals surface area contributed by atoms with E-state index in [2.05, 4.69) is 29.4 Å². The minimum absolute atomic E-state index is 0.145. The van der Waals surface area contributed by atoms with Gasteiger partial charge in [0.05, 0.1) is 12.4 Å². The molecule has 0 bridgehead atoms. The molecule has 0 spiro atoms. The van der Waals surface area contributed by atoms with E-state index in [4.69, 9.17) is 4.42 Å². The number of aromatic nitrogens is 2. The molecule has 7 heteroatoms. The average molecular weight is 444 g/mol. The number of carbonyl (C=O) groups is 1. The molecule has 160 valence electrons. The van der Waals surface area contributed by atoms with Crippen LogP contribution in [0.4, 0.5) is 0 Å². The zero-order chi connectivity index (χ0) is 22.1. The van der Waals surface area contributed by atoms with E-state index in [9.17, 15) is 9.59 Å². The topological polar surface area (TPSA) is 77.1 Å². The molecule has 0 fully saturated rings. The number of nitrogens with one attached hydrogen (secondary N) is 1. The van der Waals surface area contributed by atoms with Crippen molar-refractivity contribution in [1.82, 2.24) is 14.9 Å². The van der Waals surface area contributed by atoms with Gasteiger partial charge >= 0.3 is 0 Å². The maximum absolute atomic E-state index is 13.0. The summed E-state index contributed by atoms with van der Waals surface area (Å²) in [6, 6.07) is 19.3. The Labute approximate surface area is 188 Å². The fourth-order valence-corrected chi connectivity index (χ4v) is 4.61. The van der Waals surface area contributed by atoms with Gasteiger partial charge in [0.2, 0.25) is 11.5 Å². The number of hydrogen-bond donors (Lipinski definition) is 1. The molecular weight excluding hydrogens is 422 g/mol. The maximum atomic E-state index is 13.0. The van der Waals surface area contributed by atoms with Crippen molar-refractivity contribution in [2.24, 2.45) is 0 Å². The summed E-state index contributed by atoms with van der Waals surface area (Å²) in [6.07, 6.45) is 2.36. The molecular formula is C25H21N3O3S. The summed E-state index contributed by atoms with van der Waals surface area (Å²) in [5.41, 5.74) is 3.13. The Morgan fingerprint density at radius 3 is 2.69 bits per heavy atom. The Morgan fingerprint density at radius 2 is 1.94 bits per heavy atom. The molecule has 0 saturated carbocycles. The minimum Gasteiger partial charge on any atom is -0.448 e. The number of furan rings is 1. The van der Waals surface area contributed by atoms with Crippen molar-refractivity contribution in [2.75, 3.05) is 0 Å². The summed E-state index contributed by atoms with van der Waals surface area (Å²) in [7, 11) is 0. The number of rotatable bonds is 6. The van der Waals surface area contributed by atoms with Crippen LogP contribution in [0.2, 0.25) is 0 Å². The summed E-state index contributed by atoms with van der Waals surface area (Å²) in [5, 5.41) is 5.84. The SMILES string of the molecule is CCc1ccc([C@H](NC(=O)Cn2cnc3c(oc4ccccc43)c2=O)c2cccs2)cc1. The van der Waals surface area contributed by atoms with Crippen LogP contribution < -0.4 is 10.9 Å². The number of aryl methyl sites for hydroxylation is 1. The number of hydrogen-bond acceptors (Lipinski definition) is 5. The van der Waals surface area contributed by atoms with Gasteiger partial charge < -0.3 is 9.73 Å². The van der Waals surface area contributed by atoms with Crippen LogP contribution in [0.3, 0.4) is 0 Å². The Hall–Kier alpha value is -3.71. The molecule has 3 aromatic heterocycles. The molecule has 6 nitrogen and oxygen atoms in total. The first kappa shape index (κ1) is 20.2. The molecule has 1 N–H and O–H groups in total. The molecule has 32 heavy (non-hydrogen) atoms. The lowest BCUT2D eigenvalue weighted by Crippen LogP contribution is -2.35. The third-order valence-corrected chi connectivity index (χ3v) is 6.46. The predicted octanol–water partition coefficient (Wildman–Crippen LogP) is 4.67. The number of nitrogens with zero attached hydrogens (tertiary/aromatic N) is 2. The highest BCUT2D eigenvalue weighted by Gasteiger charge is 2.20. The zero-order valence-corrected chi connectivity index (χ0v) is 18.3. The van der Waals surface area contributed by atoms with E-state index in [0.717, 1.165) is 22.2 Å². The van der Waals surface area contributed by atoms with E-state index in [-0.39, 0.29) is 29.6 Å². The summed E-state index contributed by atoms with van der Waals surface area (Å²) in [4.78, 5) is 31.3. The van der Waals surface area contributed by atoms with Crippen LogP contribution in [0.25, 0.3) is 22.1 Å². The van der Waals surface area contributed by atoms with Crippen molar-refractivity contribution in [3.63, 3.8) is 0 Å². The van der Waals surface area contributed by atoms with E-state index in [1.165, 1.54) is 16.5 Å². The van der Waals surface area contributed by atoms with E-state index < -0.39 is 0 Å². The number of amides is 1. The number of para-hydroxylation sites is 1. The second kappa shape index (κ2) is 8.43. The number of fused-ring (bicyclic) bond motifs is 3. The third kappa shape index (κ3) is 3.71. The van der Waals surface area contributed by atoms with Crippen LogP contribution in [0.5, 0.6) is 0 Å². The fourth-order valence-electron chi connectivity index (χ4n) is 3.81. The van der Waals surface area contributed by atoms with Crippen LogP contribution in [-0.4, -0.2) is 15.5 Å². The van der Waals surface area contributed by atoms with E-state index in [1.807, 2.05) is 47.8 Å². The largest absolute Gasteiger partial charge is 0.448 e. The lowest BCUT2D eigenvalue weighted by atomic mass is 10.0. The summed E-state index contributed by atoms with van der Waals surface area (Å²) >= 11 is 1.58. The first-order valence-corrected chi connectivity index (χ1v) is 11.3. The van der Waals surface area contributed by atoms with Crippen LogP contribution in [-0.2, 0) is 17.8 Å². The van der Waals surface area contributed by atoms with Gasteiger partial charge in [-0.1, -0.05) is 49.4 Å². The standard InChI is InChI=1S/C25H21N3O3S/c1-2-16-9-11-17(12-10-16)22(20-8-5-13-32-20)27-21(29)14-28-15-26-23-18-6-3-4-7-19(18)31-24(23)25(28)30/h3-13,15,22H,2,14H2,1H3,(H,27,29)/t22-/m0/s1. The lowest BCUT2D eigenvalue weighted by molar-refractivity contribution is -0.122. The second-order valence-corrected chi connectivity index (χ2v) is 8.54. The van der Waals surface area contributed by atoms with Crippen molar-refractivity contribution in [3.8, 4) is 0 Å². The highest BCUT2D eigenvalue weighted by atomic mass is 32.1. The molecule has 0 unspecified atom stereocenters. The summed E-state index contributed by atoms with van der Waals surface area (Å²) in [5.74, 6) is -0.276. The summed E-state index contributed by atoms with van der Waals surface area (Å²) < 4.78 is 6.99. The molecule has 0 saturated heterocycles. The van der Waals surface area contributed by atoms with Crippen molar-refractivity contribution in [1.29, 1.82) is 0 Å². The van der Waals surface area contributed by atoms with Gasteiger partial charge in [0.15, 0.2) is 0 Å². The average Bonchev–Trinajstić information content (AvgIpc) is 3.48. The molecule has 5 aromatic rings. The quantitative estimate of drug-likeness (QED) is 0.414. The van der Waals surface area contributed by atoms with E-state index in [1.54, 1.807) is 17.4 Å². The van der Waals surface area contributed by atoms with Gasteiger partial charge in [-0.25, -0.2) is 4.98 Å². The van der Waals surface area contributed by atoms with Crippen LogP contribution in [0.15, 0.2) is 81.6 Å². The van der Waals surface area contributed by atoms with Gasteiger partial charge in [0.1, 0.15) is 17.6 Å². The van der Waals surface area contributed by atoms with Crippen molar-refractivity contribution in [2.45, 2.75) is 25.9 Å². The summed E-state index contributed by atoms with van der Waals surface area (Å²) in [6.45, 7) is 1.96. The van der Waals surface area contributed by atoms with E-state index in [0.29, 0.717) is 11.1 Å². The number of carbonyl (C=O) groups excluding carboxylic acids is 1. The lowest BCUT2D eigenvalue weighted by Gasteiger charge is -2.19. The Kier molecular flexibility index (Phi) is 5.33. The van der Waals surface area contributed by atoms with Crippen molar-refractivity contribution >= 4 is 39.3 Å². The molecule has 1 atom stereocenters. The first-order valence-electron chi connectivity index (χ1n) is 10.4. The zero-order valence-electron chi connectivity index (χ0n) is 17.4. The first-order chi connectivity index (χ1) is 15.6. The van der Waals surface area contributed by atoms with Gasteiger partial charge in [-0.05, 0) is 41.1 Å². The molecule has 0 radical (unpaired) electrons. The molecule has 0 aliphatic rings. The molecule has 0 aliphatic heterocycles. The second-order valence-electron chi connectivity index (χ2n) is 7.56. The Morgan fingerprint density at radius 1 is 1.12 bits per heavy atom. The normalized spacial score (nSPS) is 12.3. The smallest absolute Gasteiger partial charge is 0.297 e. The molecule has 2 aromatic carbocycles. The van der Waals surface area contributed by atoms with Crippen molar-refractivity contribution < 1.29 is 9.21 Å². The molecule has 0 aliphatic carbocycles. The Balaban J connectivity index is 1.43. The van der Waals surface area contributed by atoms with Gasteiger partial charge in [-0.2, -0.15) is 0 Å². The highest BCUT2D eigenvalue weighted by Crippen LogP contribution is 2.27. The molecule has 3 heterocycles. The number of thiophene rings is 1. The van der Waals surface area contributed by atoms with E-state index >= 15 is 0 Å². The van der Waals surface area contributed by atoms with Crippen molar-refractivity contribution in [3.05, 3.63) is 98.7 Å². The third-order valence-electron chi connectivity index (χ3n) is 5.52. The van der Waals surface area contributed by atoms with Gasteiger partial charge in [-0.15, -0.1) is 11.3 Å². The minimum atomic E-state index is -0.374. The predicted molar refractivity (Wildman–Crippen MR) is 126 cm³/mol. The number of benzene rings is 2. The van der Waals surface area contributed by atoms with Crippen LogP contribution in [0, 0.1) is 0 Å². The van der Waals surface area contributed by atoms with Crippen LogP contribution in [0.1, 0.15) is 29.0 Å².